The molecule has 1 atom stereocenters. The van der Waals surface area contributed by atoms with Crippen molar-refractivity contribution >= 4 is 40.1 Å². The molecule has 0 aliphatic heterocycles. The molecule has 1 heterocycles. The highest BCUT2D eigenvalue weighted by molar-refractivity contribution is 6.42. The number of carbonyl (C=O) groups is 1. The van der Waals surface area contributed by atoms with Gasteiger partial charge < -0.3 is 19.7 Å². The van der Waals surface area contributed by atoms with E-state index in [2.05, 4.69) is 12.2 Å². The van der Waals surface area contributed by atoms with Crippen LogP contribution in [0.1, 0.15) is 73.0 Å². The first-order valence-electron chi connectivity index (χ1n) is 10.8. The molecule has 0 fully saturated rings. The maximum absolute atomic E-state index is 13.7. The molecule has 1 amide bonds. The molecular weight excluding hydrogens is 451 g/mol. The molecular formula is C24H34Cl2N2O4. The lowest BCUT2D eigenvalue weighted by Gasteiger charge is -2.35. The van der Waals surface area contributed by atoms with E-state index < -0.39 is 17.6 Å². The molecule has 2 aromatic rings. The van der Waals surface area contributed by atoms with Crippen molar-refractivity contribution in [3.63, 3.8) is 0 Å². The lowest BCUT2D eigenvalue weighted by atomic mass is 9.83. The number of unbranched alkanes of at least 4 members (excludes halogenated alkanes) is 1. The predicted molar refractivity (Wildman–Crippen MR) is 131 cm³/mol. The lowest BCUT2D eigenvalue weighted by molar-refractivity contribution is 0.169. The molecule has 0 bridgehead atoms. The van der Waals surface area contributed by atoms with Crippen LogP contribution in [0.3, 0.4) is 0 Å². The molecule has 0 saturated carbocycles. The largest absolute Gasteiger partial charge is 0.491 e. The van der Waals surface area contributed by atoms with E-state index >= 15 is 0 Å². The Labute approximate surface area is 199 Å². The van der Waals surface area contributed by atoms with Crippen LogP contribution < -0.4 is 15.6 Å². The Hall–Kier alpha value is -1.92. The van der Waals surface area contributed by atoms with Crippen LogP contribution in [0.5, 0.6) is 5.75 Å². The fourth-order valence-electron chi connectivity index (χ4n) is 3.63. The number of rotatable bonds is 7. The molecule has 2 N–H and O–H groups in total. The van der Waals surface area contributed by atoms with Crippen LogP contribution in [0, 0.1) is 10.8 Å². The Bertz CT molecular complexity index is 1050. The Morgan fingerprint density at radius 3 is 2.16 bits per heavy atom. The van der Waals surface area contributed by atoms with Gasteiger partial charge in [-0.2, -0.15) is 0 Å². The maximum atomic E-state index is 13.7. The zero-order chi connectivity index (χ0) is 24.4. The van der Waals surface area contributed by atoms with Crippen molar-refractivity contribution in [1.82, 2.24) is 9.88 Å². The number of ether oxygens (including phenoxy) is 1. The molecule has 0 radical (unpaired) electrons. The summed E-state index contributed by atoms with van der Waals surface area (Å²) in [4.78, 5) is 25.5. The number of halogens is 2. The summed E-state index contributed by atoms with van der Waals surface area (Å²) in [6.45, 7) is 14.7. The third kappa shape index (κ3) is 6.10. The molecule has 0 aliphatic carbocycles. The second kappa shape index (κ2) is 9.92. The smallest absolute Gasteiger partial charge is 0.405 e. The van der Waals surface area contributed by atoms with Crippen LogP contribution in [0.25, 0.3) is 10.8 Å². The summed E-state index contributed by atoms with van der Waals surface area (Å²) in [6.07, 6.45) is 0.568. The van der Waals surface area contributed by atoms with Crippen molar-refractivity contribution in [1.29, 1.82) is 0 Å². The monoisotopic (exact) mass is 484 g/mol. The molecule has 2 rings (SSSR count). The first kappa shape index (κ1) is 26.3. The first-order valence-corrected chi connectivity index (χ1v) is 11.6. The third-order valence-corrected chi connectivity index (χ3v) is 5.81. The maximum Gasteiger partial charge on any atom is 0.405 e. The number of pyridine rings is 1. The van der Waals surface area contributed by atoms with Crippen molar-refractivity contribution in [2.75, 3.05) is 6.61 Å². The second-order valence-corrected chi connectivity index (χ2v) is 11.2. The minimum Gasteiger partial charge on any atom is -0.491 e. The number of aromatic nitrogens is 1. The van der Waals surface area contributed by atoms with Gasteiger partial charge in [0.2, 0.25) is 0 Å². The van der Waals surface area contributed by atoms with Gasteiger partial charge in [-0.1, -0.05) is 78.1 Å². The average molecular weight is 485 g/mol. The number of fused-ring (bicyclic) bond motifs is 1. The number of nitrogens with one attached hydrogen (secondary N) is 1. The normalized spacial score (nSPS) is 13.3. The molecule has 1 aromatic carbocycles. The highest BCUT2D eigenvalue weighted by atomic mass is 35.5. The van der Waals surface area contributed by atoms with Crippen LogP contribution in [0.4, 0.5) is 4.79 Å². The van der Waals surface area contributed by atoms with E-state index in [9.17, 15) is 14.7 Å². The molecule has 178 valence electrons. The van der Waals surface area contributed by atoms with Crippen molar-refractivity contribution < 1.29 is 14.6 Å². The molecule has 1 aromatic heterocycles. The molecule has 8 heteroatoms. The van der Waals surface area contributed by atoms with E-state index in [1.165, 1.54) is 0 Å². The summed E-state index contributed by atoms with van der Waals surface area (Å²) >= 11 is 12.6. The molecule has 6 nitrogen and oxygen atoms in total. The summed E-state index contributed by atoms with van der Waals surface area (Å²) in [5.74, 6) is 0.463. The van der Waals surface area contributed by atoms with Gasteiger partial charge in [-0.15, -0.1) is 0 Å². The van der Waals surface area contributed by atoms with Crippen LogP contribution in [0.2, 0.25) is 10.0 Å². The van der Waals surface area contributed by atoms with Crippen LogP contribution in [-0.2, 0) is 6.54 Å². The van der Waals surface area contributed by atoms with Crippen LogP contribution in [-0.4, -0.2) is 22.4 Å². The lowest BCUT2D eigenvalue weighted by Crippen LogP contribution is -2.41. The molecule has 0 aliphatic rings. The molecule has 0 spiro atoms. The quantitative estimate of drug-likeness (QED) is 0.419. The van der Waals surface area contributed by atoms with E-state index in [-0.39, 0.29) is 16.0 Å². The third-order valence-electron chi connectivity index (χ3n) is 5.09. The number of nitrogens with zero attached hydrogens (tertiary/aromatic N) is 1. The van der Waals surface area contributed by atoms with Gasteiger partial charge in [0, 0.05) is 11.9 Å². The summed E-state index contributed by atoms with van der Waals surface area (Å²) in [7, 11) is 0. The standard InChI is InChI=1S/C24H34Cl2N2O4/c1-8-9-10-32-19-14-11-16(25)17(26)12-15(14)21(29)28(13-23(2,3)4)18(19)20(24(5,6)7)27-22(30)31/h11-12,20,27H,8-10,13H2,1-7H3,(H,30,31). The number of hydrogen-bond donors (Lipinski definition) is 2. The minimum atomic E-state index is -1.17. The Morgan fingerprint density at radius 1 is 1.12 bits per heavy atom. The number of hydrogen-bond acceptors (Lipinski definition) is 3. The highest BCUT2D eigenvalue weighted by Gasteiger charge is 2.35. The van der Waals surface area contributed by atoms with Gasteiger partial charge in [-0.05, 0) is 29.4 Å². The summed E-state index contributed by atoms with van der Waals surface area (Å²) in [5, 5.41) is 13.8. The Kier molecular flexibility index (Phi) is 8.16. The number of benzene rings is 1. The Morgan fingerprint density at radius 2 is 1.69 bits per heavy atom. The number of amides is 1. The van der Waals surface area contributed by atoms with Gasteiger partial charge in [0.15, 0.2) is 0 Å². The summed E-state index contributed by atoms with van der Waals surface area (Å²) < 4.78 is 7.90. The topological polar surface area (TPSA) is 80.6 Å². The van der Waals surface area contributed by atoms with Gasteiger partial charge in [0.05, 0.1) is 33.8 Å². The van der Waals surface area contributed by atoms with E-state index in [0.29, 0.717) is 40.4 Å². The van der Waals surface area contributed by atoms with Gasteiger partial charge in [-0.25, -0.2) is 4.79 Å². The van der Waals surface area contributed by atoms with Crippen molar-refractivity contribution in [3.8, 4) is 5.75 Å². The van der Waals surface area contributed by atoms with Gasteiger partial charge in [0.25, 0.3) is 5.56 Å². The van der Waals surface area contributed by atoms with Gasteiger partial charge in [0.1, 0.15) is 5.75 Å². The average Bonchev–Trinajstić information content (AvgIpc) is 2.63. The zero-order valence-corrected chi connectivity index (χ0v) is 21.4. The second-order valence-electron chi connectivity index (χ2n) is 10.4. The Balaban J connectivity index is 3.05. The van der Waals surface area contributed by atoms with Crippen molar-refractivity contribution in [2.24, 2.45) is 10.8 Å². The summed E-state index contributed by atoms with van der Waals surface area (Å²) in [5.41, 5.74) is -0.555. The summed E-state index contributed by atoms with van der Waals surface area (Å²) in [6, 6.07) is 2.49. The van der Waals surface area contributed by atoms with E-state index in [4.69, 9.17) is 27.9 Å². The highest BCUT2D eigenvalue weighted by Crippen LogP contribution is 2.42. The van der Waals surface area contributed by atoms with Crippen LogP contribution >= 0.6 is 23.2 Å². The number of carboxylic acid groups (broad SMARTS) is 1. The van der Waals surface area contributed by atoms with Crippen LogP contribution in [0.15, 0.2) is 16.9 Å². The van der Waals surface area contributed by atoms with Gasteiger partial charge in [-0.3, -0.25) is 4.79 Å². The van der Waals surface area contributed by atoms with Crippen molar-refractivity contribution in [2.45, 2.75) is 73.9 Å². The SMILES string of the molecule is CCCCOc1c(C(NC(=O)O)C(C)(C)C)n(CC(C)(C)C)c(=O)c2cc(Cl)c(Cl)cc12. The minimum absolute atomic E-state index is 0.255. The fourth-order valence-corrected chi connectivity index (χ4v) is 3.96. The zero-order valence-electron chi connectivity index (χ0n) is 19.9. The van der Waals surface area contributed by atoms with Gasteiger partial charge >= 0.3 is 6.09 Å². The molecule has 1 unspecified atom stereocenters. The first-order chi connectivity index (χ1) is 14.7. The van der Waals surface area contributed by atoms with Crippen molar-refractivity contribution in [3.05, 3.63) is 38.2 Å². The van der Waals surface area contributed by atoms with E-state index in [1.54, 1.807) is 16.7 Å². The molecule has 0 saturated heterocycles. The molecule has 32 heavy (non-hydrogen) atoms. The predicted octanol–water partition coefficient (Wildman–Crippen LogP) is 6.89. The van der Waals surface area contributed by atoms with E-state index in [1.807, 2.05) is 41.5 Å². The van der Waals surface area contributed by atoms with E-state index in [0.717, 1.165) is 12.8 Å². The fraction of sp³-hybridized carbons (Fsp3) is 0.583.